The van der Waals surface area contributed by atoms with Crippen molar-refractivity contribution in [2.24, 2.45) is 0 Å². The van der Waals surface area contributed by atoms with Gasteiger partial charge in [0.05, 0.1) is 23.4 Å². The Balaban J connectivity index is 1.50. The normalized spacial score (nSPS) is 17.9. The number of halogens is 5. The lowest BCUT2D eigenvalue weighted by atomic mass is 9.91. The first-order chi connectivity index (χ1) is 16.6. The molecule has 1 amide bonds. The lowest BCUT2D eigenvalue weighted by Crippen LogP contribution is -2.51. The van der Waals surface area contributed by atoms with Gasteiger partial charge in [-0.2, -0.15) is 18.3 Å². The van der Waals surface area contributed by atoms with E-state index in [1.807, 2.05) is 0 Å². The molecule has 3 aromatic carbocycles. The smallest absolute Gasteiger partial charge is 0.471 e. The summed E-state index contributed by atoms with van der Waals surface area (Å²) in [4.78, 5) is 12.8. The van der Waals surface area contributed by atoms with Gasteiger partial charge in [-0.1, -0.05) is 6.07 Å². The molecule has 1 aromatic heterocycles. The maximum atomic E-state index is 14.0. The van der Waals surface area contributed by atoms with Crippen LogP contribution >= 0.6 is 0 Å². The SMILES string of the molecule is C[C@H]1[C@H](Oc2ccc3c(cnn3-c3ccc(F)cc3)c2)c2cc(F)ccc2CN1C(=O)C(F)(F)F. The number of carbonyl (C=O) groups excluding carboxylic acids is 1. The molecule has 0 aliphatic carbocycles. The molecule has 1 aliphatic rings. The third-order valence-electron chi connectivity index (χ3n) is 6.06. The topological polar surface area (TPSA) is 47.4 Å². The summed E-state index contributed by atoms with van der Waals surface area (Å²) in [6.07, 6.45) is -4.52. The summed E-state index contributed by atoms with van der Waals surface area (Å²) in [5, 5.41) is 4.98. The van der Waals surface area contributed by atoms with E-state index in [-0.39, 0.29) is 12.4 Å². The number of alkyl halides is 3. The van der Waals surface area contributed by atoms with Gasteiger partial charge in [0.1, 0.15) is 23.5 Å². The average Bonchev–Trinajstić information content (AvgIpc) is 3.23. The third-order valence-corrected chi connectivity index (χ3v) is 6.06. The van der Waals surface area contributed by atoms with E-state index < -0.39 is 30.0 Å². The van der Waals surface area contributed by atoms with Crippen molar-refractivity contribution < 1.29 is 31.5 Å². The van der Waals surface area contributed by atoms with Crippen LogP contribution in [0.4, 0.5) is 22.0 Å². The van der Waals surface area contributed by atoms with Crippen molar-refractivity contribution in [1.82, 2.24) is 14.7 Å². The zero-order valence-electron chi connectivity index (χ0n) is 18.3. The molecular weight excluding hydrogens is 469 g/mol. The molecule has 0 saturated carbocycles. The predicted octanol–water partition coefficient (Wildman–Crippen LogP) is 5.72. The van der Waals surface area contributed by atoms with Crippen LogP contribution < -0.4 is 4.74 Å². The second-order valence-corrected chi connectivity index (χ2v) is 8.31. The van der Waals surface area contributed by atoms with Crippen LogP contribution in [-0.2, 0) is 11.3 Å². The van der Waals surface area contributed by atoms with E-state index in [0.717, 1.165) is 6.07 Å². The van der Waals surface area contributed by atoms with Gasteiger partial charge in [0, 0.05) is 17.5 Å². The molecule has 2 heterocycles. The van der Waals surface area contributed by atoms with Gasteiger partial charge in [-0.15, -0.1) is 0 Å². The van der Waals surface area contributed by atoms with Crippen LogP contribution in [0.5, 0.6) is 5.75 Å². The summed E-state index contributed by atoms with van der Waals surface area (Å²) in [6.45, 7) is 1.13. The molecule has 1 aliphatic heterocycles. The van der Waals surface area contributed by atoms with Crippen molar-refractivity contribution >= 4 is 16.8 Å². The summed E-state index contributed by atoms with van der Waals surface area (Å²) in [7, 11) is 0. The molecular formula is C25H18F5N3O2. The van der Waals surface area contributed by atoms with Gasteiger partial charge < -0.3 is 9.64 Å². The van der Waals surface area contributed by atoms with Crippen molar-refractivity contribution in [2.75, 3.05) is 0 Å². The van der Waals surface area contributed by atoms with Crippen LogP contribution in [0, 0.1) is 11.6 Å². The highest BCUT2D eigenvalue weighted by Gasteiger charge is 2.47. The molecule has 0 bridgehead atoms. The Kier molecular flexibility index (Phi) is 5.46. The zero-order chi connectivity index (χ0) is 24.9. The third kappa shape index (κ3) is 4.20. The van der Waals surface area contributed by atoms with Gasteiger partial charge in [0.15, 0.2) is 0 Å². The van der Waals surface area contributed by atoms with Gasteiger partial charge >= 0.3 is 12.1 Å². The van der Waals surface area contributed by atoms with Crippen molar-refractivity contribution in [2.45, 2.75) is 31.8 Å². The monoisotopic (exact) mass is 487 g/mol. The van der Waals surface area contributed by atoms with Crippen LogP contribution in [0.15, 0.2) is 66.9 Å². The summed E-state index contributed by atoms with van der Waals surface area (Å²) >= 11 is 0. The molecule has 0 fully saturated rings. The van der Waals surface area contributed by atoms with E-state index in [1.165, 1.54) is 31.2 Å². The molecule has 180 valence electrons. The number of benzene rings is 3. The highest BCUT2D eigenvalue weighted by Crippen LogP contribution is 2.38. The van der Waals surface area contributed by atoms with Crippen LogP contribution in [0.1, 0.15) is 24.2 Å². The summed E-state index contributed by atoms with van der Waals surface area (Å²) in [6, 6.07) is 13.5. The van der Waals surface area contributed by atoms with Gasteiger partial charge in [-0.3, -0.25) is 4.79 Å². The number of hydrogen-bond acceptors (Lipinski definition) is 3. The summed E-state index contributed by atoms with van der Waals surface area (Å²) in [5.74, 6) is -2.61. The highest BCUT2D eigenvalue weighted by atomic mass is 19.4. The van der Waals surface area contributed by atoms with Crippen molar-refractivity contribution in [3.05, 3.63) is 89.6 Å². The second kappa shape index (κ2) is 8.37. The van der Waals surface area contributed by atoms with Gasteiger partial charge in [-0.25, -0.2) is 13.5 Å². The fraction of sp³-hybridized carbons (Fsp3) is 0.200. The zero-order valence-corrected chi connectivity index (χ0v) is 18.3. The summed E-state index contributed by atoms with van der Waals surface area (Å²) < 4.78 is 74.6. The molecule has 2 atom stereocenters. The molecule has 0 spiro atoms. The number of amides is 1. The molecule has 5 nitrogen and oxygen atoms in total. The lowest BCUT2D eigenvalue weighted by Gasteiger charge is -2.40. The minimum atomic E-state index is -5.05. The largest absolute Gasteiger partial charge is 0.484 e. The quantitative estimate of drug-likeness (QED) is 0.348. The van der Waals surface area contributed by atoms with Crippen molar-refractivity contribution in [1.29, 1.82) is 0 Å². The van der Waals surface area contributed by atoms with E-state index in [9.17, 15) is 26.7 Å². The maximum absolute atomic E-state index is 14.0. The van der Waals surface area contributed by atoms with E-state index in [2.05, 4.69) is 5.10 Å². The van der Waals surface area contributed by atoms with Crippen molar-refractivity contribution in [3.8, 4) is 11.4 Å². The standard InChI is InChI=1S/C25H18F5N3O2/c1-14-23(21-11-18(27)3-2-15(21)13-32(14)24(34)25(28,29)30)35-20-8-9-22-16(10-20)12-31-33(22)19-6-4-17(26)5-7-19/h2-12,14,23H,13H2,1H3/t14-,23-/m0/s1. The molecule has 5 rings (SSSR count). The first-order valence-corrected chi connectivity index (χ1v) is 10.7. The Bertz CT molecular complexity index is 1420. The molecule has 10 heteroatoms. The number of nitrogens with zero attached hydrogens (tertiary/aromatic N) is 3. The number of aromatic nitrogens is 2. The molecule has 0 radical (unpaired) electrons. The number of carbonyl (C=O) groups is 1. The van der Waals surface area contributed by atoms with Gasteiger partial charge in [0.2, 0.25) is 0 Å². The Morgan fingerprint density at radius 1 is 1.00 bits per heavy atom. The minimum Gasteiger partial charge on any atom is -0.484 e. The highest BCUT2D eigenvalue weighted by molar-refractivity contribution is 5.83. The minimum absolute atomic E-state index is 0.307. The number of ether oxygens (including phenoxy) is 1. The molecule has 0 saturated heterocycles. The summed E-state index contributed by atoms with van der Waals surface area (Å²) in [5.41, 5.74) is 2.09. The number of rotatable bonds is 3. The first-order valence-electron chi connectivity index (χ1n) is 10.7. The molecule has 4 aromatic rings. The molecule has 0 unspecified atom stereocenters. The first kappa shape index (κ1) is 22.8. The molecule has 35 heavy (non-hydrogen) atoms. The fourth-order valence-electron chi connectivity index (χ4n) is 4.33. The average molecular weight is 487 g/mol. The van der Waals surface area contributed by atoms with Crippen LogP contribution in [0.3, 0.4) is 0 Å². The van der Waals surface area contributed by atoms with Crippen LogP contribution in [-0.4, -0.2) is 32.8 Å². The number of fused-ring (bicyclic) bond motifs is 2. The molecule has 0 N–H and O–H groups in total. The van der Waals surface area contributed by atoms with Gasteiger partial charge in [-0.05, 0) is 67.1 Å². The van der Waals surface area contributed by atoms with Crippen LogP contribution in [0.25, 0.3) is 16.6 Å². The Labute approximate surface area is 196 Å². The van der Waals surface area contributed by atoms with Crippen molar-refractivity contribution in [3.63, 3.8) is 0 Å². The predicted molar refractivity (Wildman–Crippen MR) is 117 cm³/mol. The Hall–Kier alpha value is -3.95. The van der Waals surface area contributed by atoms with E-state index in [0.29, 0.717) is 38.4 Å². The Morgan fingerprint density at radius 2 is 1.71 bits per heavy atom. The Morgan fingerprint density at radius 3 is 2.43 bits per heavy atom. The second-order valence-electron chi connectivity index (χ2n) is 8.31. The van der Waals surface area contributed by atoms with E-state index >= 15 is 0 Å². The van der Waals surface area contributed by atoms with E-state index in [4.69, 9.17) is 4.74 Å². The van der Waals surface area contributed by atoms with Gasteiger partial charge in [0.25, 0.3) is 0 Å². The lowest BCUT2D eigenvalue weighted by molar-refractivity contribution is -0.190. The van der Waals surface area contributed by atoms with E-state index in [1.54, 1.807) is 41.2 Å². The van der Waals surface area contributed by atoms with Crippen LogP contribution in [0.2, 0.25) is 0 Å². The fourth-order valence-corrected chi connectivity index (χ4v) is 4.33. The number of hydrogen-bond donors (Lipinski definition) is 0. The maximum Gasteiger partial charge on any atom is 0.471 e.